The zero-order valence-corrected chi connectivity index (χ0v) is 17.1. The van der Waals surface area contributed by atoms with E-state index in [1.165, 1.54) is 5.56 Å². The van der Waals surface area contributed by atoms with Crippen LogP contribution in [0.1, 0.15) is 38.2 Å². The number of aryl methyl sites for hydroxylation is 1. The molecule has 1 N–H and O–H groups in total. The summed E-state index contributed by atoms with van der Waals surface area (Å²) in [7, 11) is 0. The summed E-state index contributed by atoms with van der Waals surface area (Å²) in [5.74, 6) is 0.486. The van der Waals surface area contributed by atoms with Crippen molar-refractivity contribution < 1.29 is 14.3 Å². The molecule has 2 amide bonds. The van der Waals surface area contributed by atoms with Crippen molar-refractivity contribution in [3.63, 3.8) is 0 Å². The van der Waals surface area contributed by atoms with E-state index < -0.39 is 0 Å². The minimum Gasteiger partial charge on any atom is -0.494 e. The first-order chi connectivity index (χ1) is 14.2. The average Bonchev–Trinajstić information content (AvgIpc) is 3.15. The topological polar surface area (TPSA) is 58.6 Å². The van der Waals surface area contributed by atoms with Crippen LogP contribution in [0.3, 0.4) is 0 Å². The number of nitrogens with zero attached hydrogens (tertiary/aromatic N) is 1. The van der Waals surface area contributed by atoms with Crippen molar-refractivity contribution in [1.29, 1.82) is 0 Å². The largest absolute Gasteiger partial charge is 0.494 e. The Morgan fingerprint density at radius 1 is 1.10 bits per heavy atom. The molecule has 154 valence electrons. The van der Waals surface area contributed by atoms with E-state index in [1.807, 2.05) is 42.5 Å². The number of unbranched alkanes of at least 4 members (excludes halogenated alkanes) is 1. The average molecular weight is 395 g/mol. The normalized spacial score (nSPS) is 16.1. The predicted octanol–water partition coefficient (Wildman–Crippen LogP) is 3.97. The number of anilines is 1. The maximum atomic E-state index is 12.5. The van der Waals surface area contributed by atoms with Gasteiger partial charge in [0.15, 0.2) is 0 Å². The van der Waals surface area contributed by atoms with E-state index in [1.54, 1.807) is 4.90 Å². The molecule has 1 heterocycles. The van der Waals surface area contributed by atoms with Crippen molar-refractivity contribution in [2.75, 3.05) is 24.6 Å². The molecule has 1 fully saturated rings. The minimum atomic E-state index is -0.285. The van der Waals surface area contributed by atoms with Crippen LogP contribution < -0.4 is 15.0 Å². The second kappa shape index (κ2) is 10.6. The summed E-state index contributed by atoms with van der Waals surface area (Å²) in [6.45, 7) is 3.82. The number of amides is 2. The first-order valence-electron chi connectivity index (χ1n) is 10.5. The van der Waals surface area contributed by atoms with Gasteiger partial charge in [-0.2, -0.15) is 0 Å². The molecule has 0 radical (unpaired) electrons. The molecular weight excluding hydrogens is 364 g/mol. The molecular formula is C24H30N2O3. The smallest absolute Gasteiger partial charge is 0.227 e. The van der Waals surface area contributed by atoms with Crippen molar-refractivity contribution in [2.45, 2.75) is 39.0 Å². The third kappa shape index (κ3) is 6.08. The van der Waals surface area contributed by atoms with Gasteiger partial charge in [-0.3, -0.25) is 9.59 Å². The second-order valence-electron chi connectivity index (χ2n) is 7.48. The molecule has 29 heavy (non-hydrogen) atoms. The van der Waals surface area contributed by atoms with Crippen molar-refractivity contribution in [3.8, 4) is 5.75 Å². The molecule has 0 aliphatic carbocycles. The quantitative estimate of drug-likeness (QED) is 0.621. The summed E-state index contributed by atoms with van der Waals surface area (Å²) in [6, 6.07) is 17.9. The molecule has 0 unspecified atom stereocenters. The van der Waals surface area contributed by atoms with E-state index in [0.29, 0.717) is 19.7 Å². The van der Waals surface area contributed by atoms with Gasteiger partial charge in [0.2, 0.25) is 11.8 Å². The third-order valence-electron chi connectivity index (χ3n) is 5.15. The zero-order chi connectivity index (χ0) is 20.5. The van der Waals surface area contributed by atoms with Gasteiger partial charge in [-0.05, 0) is 55.5 Å². The molecule has 3 rings (SSSR count). The molecule has 5 heteroatoms. The summed E-state index contributed by atoms with van der Waals surface area (Å²) in [5, 5.41) is 3.00. The number of nitrogens with one attached hydrogen (secondary N) is 1. The Balaban J connectivity index is 1.41. The maximum absolute atomic E-state index is 12.5. The van der Waals surface area contributed by atoms with Gasteiger partial charge in [0.1, 0.15) is 5.75 Å². The Morgan fingerprint density at radius 2 is 1.86 bits per heavy atom. The first kappa shape index (κ1) is 20.9. The van der Waals surface area contributed by atoms with Crippen LogP contribution in [-0.2, 0) is 16.0 Å². The van der Waals surface area contributed by atoms with Gasteiger partial charge in [0, 0.05) is 25.2 Å². The van der Waals surface area contributed by atoms with Gasteiger partial charge in [-0.1, -0.05) is 37.3 Å². The van der Waals surface area contributed by atoms with Gasteiger partial charge in [0.05, 0.1) is 12.5 Å². The number of carbonyl (C=O) groups excluding carboxylic acids is 2. The first-order valence-corrected chi connectivity index (χ1v) is 10.5. The number of ether oxygens (including phenoxy) is 1. The molecule has 1 atom stereocenters. The van der Waals surface area contributed by atoms with Crippen LogP contribution in [0.25, 0.3) is 0 Å². The van der Waals surface area contributed by atoms with E-state index in [4.69, 9.17) is 4.74 Å². The van der Waals surface area contributed by atoms with Crippen molar-refractivity contribution >= 4 is 17.5 Å². The fourth-order valence-corrected chi connectivity index (χ4v) is 3.53. The van der Waals surface area contributed by atoms with E-state index in [9.17, 15) is 9.59 Å². The van der Waals surface area contributed by atoms with Gasteiger partial charge in [-0.25, -0.2) is 0 Å². The van der Waals surface area contributed by atoms with E-state index in [-0.39, 0.29) is 24.2 Å². The Bertz CT molecular complexity index is 790. The monoisotopic (exact) mass is 394 g/mol. The Kier molecular flexibility index (Phi) is 7.68. The summed E-state index contributed by atoms with van der Waals surface area (Å²) in [4.78, 5) is 26.6. The SMILES string of the molecule is CCCOc1ccc(N2C[C@@H](C(=O)NCCCCc3ccccc3)CC2=O)cc1. The summed E-state index contributed by atoms with van der Waals surface area (Å²) in [5.41, 5.74) is 2.14. The van der Waals surface area contributed by atoms with Crippen molar-refractivity contribution in [3.05, 3.63) is 60.2 Å². The van der Waals surface area contributed by atoms with E-state index in [0.717, 1.165) is 37.1 Å². The van der Waals surface area contributed by atoms with E-state index in [2.05, 4.69) is 24.4 Å². The molecule has 5 nitrogen and oxygen atoms in total. The van der Waals surface area contributed by atoms with Gasteiger partial charge >= 0.3 is 0 Å². The number of rotatable bonds is 10. The highest BCUT2D eigenvalue weighted by Gasteiger charge is 2.34. The maximum Gasteiger partial charge on any atom is 0.227 e. The third-order valence-corrected chi connectivity index (χ3v) is 5.15. The molecule has 0 bridgehead atoms. The Morgan fingerprint density at radius 3 is 2.59 bits per heavy atom. The lowest BCUT2D eigenvalue weighted by atomic mass is 10.1. The van der Waals surface area contributed by atoms with Gasteiger partial charge in [0.25, 0.3) is 0 Å². The molecule has 1 aliphatic heterocycles. The molecule has 0 saturated carbocycles. The number of benzene rings is 2. The molecule has 2 aromatic carbocycles. The van der Waals surface area contributed by atoms with Crippen LogP contribution in [0.2, 0.25) is 0 Å². The van der Waals surface area contributed by atoms with Gasteiger partial charge in [-0.15, -0.1) is 0 Å². The van der Waals surface area contributed by atoms with E-state index >= 15 is 0 Å². The Labute approximate surface area is 173 Å². The summed E-state index contributed by atoms with van der Waals surface area (Å²) < 4.78 is 5.58. The molecule has 1 saturated heterocycles. The van der Waals surface area contributed by atoms with Crippen LogP contribution in [-0.4, -0.2) is 31.5 Å². The van der Waals surface area contributed by atoms with Crippen LogP contribution in [0.4, 0.5) is 5.69 Å². The highest BCUT2D eigenvalue weighted by Crippen LogP contribution is 2.27. The molecule has 0 spiro atoms. The second-order valence-corrected chi connectivity index (χ2v) is 7.48. The summed E-state index contributed by atoms with van der Waals surface area (Å²) in [6.07, 6.45) is 4.21. The van der Waals surface area contributed by atoms with Crippen LogP contribution in [0.5, 0.6) is 5.75 Å². The molecule has 0 aromatic heterocycles. The van der Waals surface area contributed by atoms with Crippen LogP contribution in [0.15, 0.2) is 54.6 Å². The molecule has 2 aromatic rings. The fraction of sp³-hybridized carbons (Fsp3) is 0.417. The lowest BCUT2D eigenvalue weighted by Gasteiger charge is -2.17. The van der Waals surface area contributed by atoms with Crippen molar-refractivity contribution in [1.82, 2.24) is 5.32 Å². The van der Waals surface area contributed by atoms with Crippen molar-refractivity contribution in [2.24, 2.45) is 5.92 Å². The van der Waals surface area contributed by atoms with Gasteiger partial charge < -0.3 is 15.0 Å². The van der Waals surface area contributed by atoms with Crippen LogP contribution in [0, 0.1) is 5.92 Å². The standard InChI is InChI=1S/C24H30N2O3/c1-2-16-29-22-13-11-21(12-14-22)26-18-20(17-23(26)27)24(28)25-15-7-6-10-19-8-4-3-5-9-19/h3-5,8-9,11-14,20H,2,6-7,10,15-18H2,1H3,(H,25,28)/t20-/m0/s1. The number of hydrogen-bond acceptors (Lipinski definition) is 3. The highest BCUT2D eigenvalue weighted by atomic mass is 16.5. The number of carbonyl (C=O) groups is 2. The van der Waals surface area contributed by atoms with Crippen LogP contribution >= 0.6 is 0 Å². The minimum absolute atomic E-state index is 0.00328. The summed E-state index contributed by atoms with van der Waals surface area (Å²) >= 11 is 0. The lowest BCUT2D eigenvalue weighted by Crippen LogP contribution is -2.33. The predicted molar refractivity (Wildman–Crippen MR) is 115 cm³/mol. The zero-order valence-electron chi connectivity index (χ0n) is 17.1. The highest BCUT2D eigenvalue weighted by molar-refractivity contribution is 6.00. The lowest BCUT2D eigenvalue weighted by molar-refractivity contribution is -0.126. The molecule has 1 aliphatic rings. The Hall–Kier alpha value is -2.82. The fourth-order valence-electron chi connectivity index (χ4n) is 3.53. The number of hydrogen-bond donors (Lipinski definition) is 1.